The van der Waals surface area contributed by atoms with E-state index in [1.165, 1.54) is 18.3 Å². The fraction of sp³-hybridized carbons (Fsp3) is 0.0385. The maximum atomic E-state index is 13.6. The molecule has 0 aliphatic carbocycles. The Kier molecular flexibility index (Phi) is 6.36. The SMILES string of the molecule is N#Cc1cnc2c(Br)cc(NCc3cc(-c4ccccc4)[nH]n3)cc2c1Nc1ccc(F)c(Cl)c1. The summed E-state index contributed by atoms with van der Waals surface area (Å²) in [6.45, 7) is 0.489. The molecule has 3 N–H and O–H groups in total. The zero-order valence-corrected chi connectivity index (χ0v) is 20.5. The first-order valence-electron chi connectivity index (χ1n) is 10.6. The number of aromatic amines is 1. The molecule has 0 saturated heterocycles. The summed E-state index contributed by atoms with van der Waals surface area (Å²) >= 11 is 9.53. The van der Waals surface area contributed by atoms with Gasteiger partial charge < -0.3 is 10.6 Å². The van der Waals surface area contributed by atoms with Crippen LogP contribution in [0.15, 0.2) is 77.4 Å². The maximum Gasteiger partial charge on any atom is 0.141 e. The van der Waals surface area contributed by atoms with E-state index in [2.05, 4.69) is 47.8 Å². The molecule has 0 saturated carbocycles. The molecule has 0 unspecified atom stereocenters. The van der Waals surface area contributed by atoms with Gasteiger partial charge in [0, 0.05) is 27.4 Å². The second-order valence-electron chi connectivity index (χ2n) is 7.76. The number of hydrogen-bond donors (Lipinski definition) is 3. The third-order valence-corrected chi connectivity index (χ3v) is 6.32. The van der Waals surface area contributed by atoms with Crippen molar-refractivity contribution >= 4 is 55.5 Å². The highest BCUT2D eigenvalue weighted by Crippen LogP contribution is 2.35. The number of benzene rings is 3. The summed E-state index contributed by atoms with van der Waals surface area (Å²) in [7, 11) is 0. The van der Waals surface area contributed by atoms with Crippen LogP contribution >= 0.6 is 27.5 Å². The monoisotopic (exact) mass is 546 g/mol. The Labute approximate surface area is 213 Å². The van der Waals surface area contributed by atoms with E-state index in [-0.39, 0.29) is 5.02 Å². The second kappa shape index (κ2) is 9.74. The molecule has 172 valence electrons. The Morgan fingerprint density at radius 1 is 1.06 bits per heavy atom. The van der Waals surface area contributed by atoms with Gasteiger partial charge in [-0.3, -0.25) is 10.1 Å². The summed E-state index contributed by atoms with van der Waals surface area (Å²) in [5.41, 5.74) is 5.79. The molecule has 9 heteroatoms. The number of aromatic nitrogens is 3. The fourth-order valence-electron chi connectivity index (χ4n) is 3.71. The summed E-state index contributed by atoms with van der Waals surface area (Å²) in [6.07, 6.45) is 1.50. The lowest BCUT2D eigenvalue weighted by molar-refractivity contribution is 0.628. The molecular formula is C26H17BrClFN6. The molecule has 0 spiro atoms. The largest absolute Gasteiger partial charge is 0.379 e. The first-order chi connectivity index (χ1) is 17.0. The van der Waals surface area contributed by atoms with Crippen molar-refractivity contribution in [2.24, 2.45) is 0 Å². The van der Waals surface area contributed by atoms with E-state index in [1.807, 2.05) is 48.5 Å². The van der Waals surface area contributed by atoms with Gasteiger partial charge in [-0.05, 0) is 57.9 Å². The molecule has 0 fully saturated rings. The fourth-order valence-corrected chi connectivity index (χ4v) is 4.45. The average molecular weight is 548 g/mol. The Balaban J connectivity index is 1.46. The normalized spacial score (nSPS) is 10.8. The van der Waals surface area contributed by atoms with E-state index >= 15 is 0 Å². The molecule has 0 radical (unpaired) electrons. The standard InChI is InChI=1S/C26H17BrClFN6/c27-21-9-18(31-14-19-11-24(35-34-19)15-4-2-1-3-5-15)8-20-25(16(12-30)13-32-26(20)21)33-17-6-7-23(29)22(28)10-17/h1-11,13,31H,14H2,(H,32,33)(H,34,35). The minimum Gasteiger partial charge on any atom is -0.379 e. The Morgan fingerprint density at radius 2 is 1.89 bits per heavy atom. The zero-order chi connectivity index (χ0) is 24.4. The number of H-pyrrole nitrogens is 1. The van der Waals surface area contributed by atoms with Crippen molar-refractivity contribution in [3.63, 3.8) is 0 Å². The maximum absolute atomic E-state index is 13.6. The highest BCUT2D eigenvalue weighted by molar-refractivity contribution is 9.10. The van der Waals surface area contributed by atoms with Crippen molar-refractivity contribution in [1.82, 2.24) is 15.2 Å². The predicted molar refractivity (Wildman–Crippen MR) is 140 cm³/mol. The number of pyridine rings is 1. The number of nitrogens with zero attached hydrogens (tertiary/aromatic N) is 3. The number of rotatable bonds is 6. The minimum absolute atomic E-state index is 0.00993. The van der Waals surface area contributed by atoms with Crippen LogP contribution in [-0.4, -0.2) is 15.2 Å². The predicted octanol–water partition coefficient (Wildman–Crippen LogP) is 7.41. The van der Waals surface area contributed by atoms with Gasteiger partial charge in [-0.25, -0.2) is 4.39 Å². The summed E-state index contributed by atoms with van der Waals surface area (Å²) in [5.74, 6) is -0.514. The van der Waals surface area contributed by atoms with Crippen LogP contribution in [-0.2, 0) is 6.54 Å². The Morgan fingerprint density at radius 3 is 2.66 bits per heavy atom. The number of hydrogen-bond acceptors (Lipinski definition) is 5. The third-order valence-electron chi connectivity index (χ3n) is 5.42. The summed E-state index contributed by atoms with van der Waals surface area (Å²) < 4.78 is 14.4. The second-order valence-corrected chi connectivity index (χ2v) is 9.02. The van der Waals surface area contributed by atoms with Crippen molar-refractivity contribution in [2.45, 2.75) is 6.54 Å². The van der Waals surface area contributed by atoms with Gasteiger partial charge in [-0.15, -0.1) is 0 Å². The Hall–Kier alpha value is -3.93. The van der Waals surface area contributed by atoms with Crippen LogP contribution in [0.4, 0.5) is 21.5 Å². The number of nitriles is 1. The van der Waals surface area contributed by atoms with Crippen LogP contribution < -0.4 is 10.6 Å². The summed E-state index contributed by atoms with van der Waals surface area (Å²) in [6, 6.07) is 22.3. The van der Waals surface area contributed by atoms with Gasteiger partial charge >= 0.3 is 0 Å². The quantitative estimate of drug-likeness (QED) is 0.206. The molecule has 5 rings (SSSR count). The van der Waals surface area contributed by atoms with Crippen molar-refractivity contribution < 1.29 is 4.39 Å². The zero-order valence-electron chi connectivity index (χ0n) is 18.1. The molecule has 0 aliphatic rings. The van der Waals surface area contributed by atoms with Crippen LogP contribution in [0.25, 0.3) is 22.2 Å². The van der Waals surface area contributed by atoms with Gasteiger partial charge in [0.25, 0.3) is 0 Å². The van der Waals surface area contributed by atoms with E-state index in [0.717, 1.165) is 27.1 Å². The number of nitrogens with one attached hydrogen (secondary N) is 3. The van der Waals surface area contributed by atoms with Crippen LogP contribution in [0.2, 0.25) is 5.02 Å². The molecule has 5 aromatic rings. The van der Waals surface area contributed by atoms with Crippen LogP contribution in [0.3, 0.4) is 0 Å². The van der Waals surface area contributed by atoms with E-state index in [4.69, 9.17) is 11.6 Å². The smallest absolute Gasteiger partial charge is 0.141 e. The molecule has 2 aromatic heterocycles. The van der Waals surface area contributed by atoms with Crippen molar-refractivity contribution in [2.75, 3.05) is 10.6 Å². The highest BCUT2D eigenvalue weighted by atomic mass is 79.9. The van der Waals surface area contributed by atoms with Gasteiger partial charge in [-0.2, -0.15) is 10.4 Å². The molecule has 0 atom stereocenters. The van der Waals surface area contributed by atoms with Crippen molar-refractivity contribution in [1.29, 1.82) is 5.26 Å². The molecular weight excluding hydrogens is 531 g/mol. The van der Waals surface area contributed by atoms with E-state index < -0.39 is 5.82 Å². The van der Waals surface area contributed by atoms with Gasteiger partial charge in [-0.1, -0.05) is 41.9 Å². The number of fused-ring (bicyclic) bond motifs is 1. The van der Waals surface area contributed by atoms with Gasteiger partial charge in [0.2, 0.25) is 0 Å². The van der Waals surface area contributed by atoms with E-state index in [9.17, 15) is 9.65 Å². The van der Waals surface area contributed by atoms with Crippen LogP contribution in [0.1, 0.15) is 11.3 Å². The van der Waals surface area contributed by atoms with Crippen molar-refractivity contribution in [3.8, 4) is 17.3 Å². The van der Waals surface area contributed by atoms with E-state index in [0.29, 0.717) is 34.4 Å². The molecule has 35 heavy (non-hydrogen) atoms. The Bertz CT molecular complexity index is 1580. The van der Waals surface area contributed by atoms with Gasteiger partial charge in [0.15, 0.2) is 0 Å². The van der Waals surface area contributed by atoms with Gasteiger partial charge in [0.05, 0.1) is 39.7 Å². The lowest BCUT2D eigenvalue weighted by Crippen LogP contribution is -2.02. The first-order valence-corrected chi connectivity index (χ1v) is 11.8. The summed E-state index contributed by atoms with van der Waals surface area (Å²) in [5, 5.41) is 24.4. The first kappa shape index (κ1) is 22.8. The molecule has 3 aromatic carbocycles. The number of anilines is 3. The molecule has 2 heterocycles. The highest BCUT2D eigenvalue weighted by Gasteiger charge is 2.14. The molecule has 0 aliphatic heterocycles. The van der Waals surface area contributed by atoms with Crippen LogP contribution in [0, 0.1) is 17.1 Å². The van der Waals surface area contributed by atoms with E-state index in [1.54, 1.807) is 6.07 Å². The molecule has 0 amide bonds. The van der Waals surface area contributed by atoms with Crippen molar-refractivity contribution in [3.05, 3.63) is 99.5 Å². The third kappa shape index (κ3) is 4.83. The molecule has 6 nitrogen and oxygen atoms in total. The van der Waals surface area contributed by atoms with Crippen LogP contribution in [0.5, 0.6) is 0 Å². The lowest BCUT2D eigenvalue weighted by Gasteiger charge is -2.14. The average Bonchev–Trinajstić information content (AvgIpc) is 3.35. The lowest BCUT2D eigenvalue weighted by atomic mass is 10.1. The summed E-state index contributed by atoms with van der Waals surface area (Å²) in [4.78, 5) is 4.44. The number of halogens is 3. The topological polar surface area (TPSA) is 89.4 Å². The van der Waals surface area contributed by atoms with Gasteiger partial charge in [0.1, 0.15) is 11.9 Å². The minimum atomic E-state index is -0.514. The molecule has 0 bridgehead atoms.